The first-order valence-corrected chi connectivity index (χ1v) is 9.04. The van der Waals surface area contributed by atoms with Crippen molar-refractivity contribution in [2.45, 2.75) is 6.61 Å². The van der Waals surface area contributed by atoms with Crippen LogP contribution in [0.1, 0.15) is 11.1 Å². The number of carbonyl (C=O) groups is 1. The molecule has 0 heterocycles. The molecule has 5 nitrogen and oxygen atoms in total. The van der Waals surface area contributed by atoms with Crippen molar-refractivity contribution in [3.8, 4) is 11.5 Å². The van der Waals surface area contributed by atoms with Crippen molar-refractivity contribution >= 4 is 23.7 Å². The van der Waals surface area contributed by atoms with Gasteiger partial charge in [0.05, 0.1) is 6.21 Å². The second-order valence-electron chi connectivity index (χ2n) is 5.85. The summed E-state index contributed by atoms with van der Waals surface area (Å²) in [6, 6.07) is 24.0. The average molecular weight is 395 g/mol. The summed E-state index contributed by atoms with van der Waals surface area (Å²) in [5.41, 5.74) is 4.15. The topological polar surface area (TPSA) is 59.9 Å². The lowest BCUT2D eigenvalue weighted by molar-refractivity contribution is -0.123. The van der Waals surface area contributed by atoms with Crippen molar-refractivity contribution < 1.29 is 14.3 Å². The maximum Gasteiger partial charge on any atom is 0.277 e. The van der Waals surface area contributed by atoms with Gasteiger partial charge in [0.1, 0.15) is 18.1 Å². The molecule has 0 fully saturated rings. The molecule has 3 aromatic carbocycles. The Kier molecular flexibility index (Phi) is 7.04. The van der Waals surface area contributed by atoms with Crippen LogP contribution in [0.4, 0.5) is 0 Å². The molecule has 6 heteroatoms. The van der Waals surface area contributed by atoms with Gasteiger partial charge in [0, 0.05) is 10.6 Å². The fourth-order valence-electron chi connectivity index (χ4n) is 2.38. The second kappa shape index (κ2) is 10.1. The minimum atomic E-state index is -0.350. The van der Waals surface area contributed by atoms with E-state index in [1.54, 1.807) is 12.1 Å². The first-order chi connectivity index (χ1) is 13.7. The van der Waals surface area contributed by atoms with Crippen LogP contribution in [0.5, 0.6) is 11.5 Å². The highest BCUT2D eigenvalue weighted by Gasteiger charge is 2.04. The van der Waals surface area contributed by atoms with E-state index >= 15 is 0 Å². The fraction of sp³-hybridized carbons (Fsp3) is 0.0909. The molecule has 0 spiro atoms. The van der Waals surface area contributed by atoms with Gasteiger partial charge in [0.25, 0.3) is 5.91 Å². The summed E-state index contributed by atoms with van der Waals surface area (Å²) < 4.78 is 11.2. The zero-order valence-electron chi connectivity index (χ0n) is 15.0. The number of ether oxygens (including phenoxy) is 2. The Bertz CT molecular complexity index is 945. The molecule has 142 valence electrons. The van der Waals surface area contributed by atoms with Crippen LogP contribution >= 0.6 is 11.6 Å². The Morgan fingerprint density at radius 1 is 0.964 bits per heavy atom. The van der Waals surface area contributed by atoms with Gasteiger partial charge >= 0.3 is 0 Å². The molecule has 0 saturated carbocycles. The minimum Gasteiger partial charge on any atom is -0.488 e. The van der Waals surface area contributed by atoms with Gasteiger partial charge in [0.2, 0.25) is 0 Å². The molecule has 0 aliphatic heterocycles. The van der Waals surface area contributed by atoms with Crippen LogP contribution in [-0.2, 0) is 11.4 Å². The number of carbonyl (C=O) groups excluding carboxylic acids is 1. The first kappa shape index (κ1) is 19.5. The van der Waals surface area contributed by atoms with Crippen molar-refractivity contribution in [2.75, 3.05) is 6.61 Å². The molecule has 28 heavy (non-hydrogen) atoms. The molecular weight excluding hydrogens is 376 g/mol. The van der Waals surface area contributed by atoms with Gasteiger partial charge < -0.3 is 9.47 Å². The summed E-state index contributed by atoms with van der Waals surface area (Å²) in [7, 11) is 0. The molecule has 3 aromatic rings. The Balaban J connectivity index is 1.53. The molecule has 0 aliphatic carbocycles. The highest BCUT2D eigenvalue weighted by molar-refractivity contribution is 6.30. The Labute approximate surface area is 168 Å². The van der Waals surface area contributed by atoms with Crippen molar-refractivity contribution in [1.29, 1.82) is 0 Å². The van der Waals surface area contributed by atoms with E-state index in [0.29, 0.717) is 23.1 Å². The molecule has 0 saturated heterocycles. The smallest absolute Gasteiger partial charge is 0.277 e. The maximum absolute atomic E-state index is 11.8. The van der Waals surface area contributed by atoms with E-state index in [9.17, 15) is 4.79 Å². The lowest BCUT2D eigenvalue weighted by atomic mass is 10.2. The van der Waals surface area contributed by atoms with E-state index in [1.807, 2.05) is 66.7 Å². The predicted octanol–water partition coefficient (Wildman–Crippen LogP) is 4.45. The van der Waals surface area contributed by atoms with Gasteiger partial charge in [-0.3, -0.25) is 4.79 Å². The van der Waals surface area contributed by atoms with E-state index in [2.05, 4.69) is 10.5 Å². The van der Waals surface area contributed by atoms with E-state index < -0.39 is 0 Å². The monoisotopic (exact) mass is 394 g/mol. The summed E-state index contributed by atoms with van der Waals surface area (Å²) in [4.78, 5) is 11.8. The van der Waals surface area contributed by atoms with Gasteiger partial charge in [-0.15, -0.1) is 0 Å². The fourth-order valence-corrected chi connectivity index (χ4v) is 2.59. The summed E-state index contributed by atoms with van der Waals surface area (Å²) in [6.07, 6.45) is 1.54. The standard InChI is InChI=1S/C22H19ClN2O3/c23-19-9-6-7-17(13-19)15-28-21-12-5-4-8-18(21)14-24-25-22(26)16-27-20-10-2-1-3-11-20/h1-14H,15-16H2,(H,25,26)/b24-14-. The number of halogens is 1. The van der Waals surface area contributed by atoms with Crippen LogP contribution < -0.4 is 14.9 Å². The van der Waals surface area contributed by atoms with E-state index in [0.717, 1.165) is 11.1 Å². The van der Waals surface area contributed by atoms with Crippen LogP contribution in [0.2, 0.25) is 5.02 Å². The van der Waals surface area contributed by atoms with Crippen molar-refractivity contribution in [3.05, 3.63) is 95.0 Å². The van der Waals surface area contributed by atoms with E-state index in [4.69, 9.17) is 21.1 Å². The SMILES string of the molecule is O=C(COc1ccccc1)N/N=C\c1ccccc1OCc1cccc(Cl)c1. The number of para-hydroxylation sites is 2. The molecule has 0 atom stereocenters. The van der Waals surface area contributed by atoms with Crippen LogP contribution in [-0.4, -0.2) is 18.7 Å². The molecule has 0 bridgehead atoms. The largest absolute Gasteiger partial charge is 0.488 e. The van der Waals surface area contributed by atoms with Crippen LogP contribution in [0.25, 0.3) is 0 Å². The molecule has 1 N–H and O–H groups in total. The summed E-state index contributed by atoms with van der Waals surface area (Å²) in [5.74, 6) is 0.930. The van der Waals surface area contributed by atoms with E-state index in [1.165, 1.54) is 6.21 Å². The quantitative estimate of drug-likeness (QED) is 0.453. The third kappa shape index (κ3) is 6.14. The second-order valence-corrected chi connectivity index (χ2v) is 6.29. The first-order valence-electron chi connectivity index (χ1n) is 8.67. The summed E-state index contributed by atoms with van der Waals surface area (Å²) >= 11 is 5.99. The number of benzene rings is 3. The molecule has 3 rings (SSSR count). The lowest BCUT2D eigenvalue weighted by Gasteiger charge is -2.09. The predicted molar refractivity (Wildman–Crippen MR) is 110 cm³/mol. The zero-order chi connectivity index (χ0) is 19.6. The molecule has 0 aromatic heterocycles. The normalized spacial score (nSPS) is 10.6. The van der Waals surface area contributed by atoms with Crippen molar-refractivity contribution in [3.63, 3.8) is 0 Å². The number of hydrogen-bond donors (Lipinski definition) is 1. The van der Waals surface area contributed by atoms with Gasteiger partial charge in [0.15, 0.2) is 6.61 Å². The van der Waals surface area contributed by atoms with Crippen LogP contribution in [0.15, 0.2) is 84.0 Å². The molecule has 0 aliphatic rings. The highest BCUT2D eigenvalue weighted by atomic mass is 35.5. The van der Waals surface area contributed by atoms with E-state index in [-0.39, 0.29) is 12.5 Å². The van der Waals surface area contributed by atoms with Crippen LogP contribution in [0, 0.1) is 0 Å². The third-order valence-corrected chi connectivity index (χ3v) is 3.94. The number of nitrogens with zero attached hydrogens (tertiary/aromatic N) is 1. The molecular formula is C22H19ClN2O3. The molecule has 1 amide bonds. The molecule has 0 radical (unpaired) electrons. The minimum absolute atomic E-state index is 0.117. The zero-order valence-corrected chi connectivity index (χ0v) is 15.8. The average Bonchev–Trinajstić information content (AvgIpc) is 2.72. The van der Waals surface area contributed by atoms with Gasteiger partial charge in [-0.2, -0.15) is 5.10 Å². The Hall–Kier alpha value is -3.31. The highest BCUT2D eigenvalue weighted by Crippen LogP contribution is 2.19. The number of hydrazone groups is 1. The van der Waals surface area contributed by atoms with Crippen molar-refractivity contribution in [1.82, 2.24) is 5.43 Å². The maximum atomic E-state index is 11.8. The Morgan fingerprint density at radius 2 is 1.75 bits per heavy atom. The van der Waals surface area contributed by atoms with Crippen molar-refractivity contribution in [2.24, 2.45) is 5.10 Å². The number of hydrogen-bond acceptors (Lipinski definition) is 4. The lowest BCUT2D eigenvalue weighted by Crippen LogP contribution is -2.24. The molecule has 0 unspecified atom stereocenters. The summed E-state index contributed by atoms with van der Waals surface area (Å²) in [5, 5.41) is 4.64. The van der Waals surface area contributed by atoms with Crippen LogP contribution in [0.3, 0.4) is 0 Å². The number of nitrogens with one attached hydrogen (secondary N) is 1. The van der Waals surface area contributed by atoms with Gasteiger partial charge in [-0.05, 0) is 42.0 Å². The summed E-state index contributed by atoms with van der Waals surface area (Å²) in [6.45, 7) is 0.261. The van der Waals surface area contributed by atoms with Gasteiger partial charge in [-0.1, -0.05) is 54.1 Å². The number of rotatable bonds is 8. The number of amides is 1. The Morgan fingerprint density at radius 3 is 2.57 bits per heavy atom. The van der Waals surface area contributed by atoms with Gasteiger partial charge in [-0.25, -0.2) is 5.43 Å². The third-order valence-electron chi connectivity index (χ3n) is 3.71.